The van der Waals surface area contributed by atoms with Gasteiger partial charge in [-0.2, -0.15) is 5.10 Å². The molecule has 1 aromatic heterocycles. The standard InChI is InChI=1S/C15H16F3N3O/c1-8-10(9(2)21(3)20-8)4-7-13(22)19-12-6-5-11(16)14(17)15(12)18/h5-6H,4,7H2,1-3H3,(H,19,22). The lowest BCUT2D eigenvalue weighted by Gasteiger charge is -2.07. The Morgan fingerprint density at radius 1 is 1.23 bits per heavy atom. The Morgan fingerprint density at radius 3 is 2.50 bits per heavy atom. The summed E-state index contributed by atoms with van der Waals surface area (Å²) in [4.78, 5) is 11.8. The summed E-state index contributed by atoms with van der Waals surface area (Å²) in [5, 5.41) is 6.49. The van der Waals surface area contributed by atoms with Gasteiger partial charge in [-0.3, -0.25) is 9.48 Å². The van der Waals surface area contributed by atoms with E-state index in [4.69, 9.17) is 0 Å². The Labute approximate surface area is 125 Å². The topological polar surface area (TPSA) is 46.9 Å². The van der Waals surface area contributed by atoms with Crippen molar-refractivity contribution in [2.45, 2.75) is 26.7 Å². The maximum Gasteiger partial charge on any atom is 0.224 e. The van der Waals surface area contributed by atoms with Gasteiger partial charge in [0, 0.05) is 19.2 Å². The van der Waals surface area contributed by atoms with Crippen molar-refractivity contribution in [3.05, 3.63) is 46.5 Å². The van der Waals surface area contributed by atoms with Crippen LogP contribution in [0.3, 0.4) is 0 Å². The maximum absolute atomic E-state index is 13.5. The zero-order chi connectivity index (χ0) is 16.4. The summed E-state index contributed by atoms with van der Waals surface area (Å²) in [7, 11) is 1.81. The molecule has 1 amide bonds. The van der Waals surface area contributed by atoms with Crippen molar-refractivity contribution in [3.63, 3.8) is 0 Å². The van der Waals surface area contributed by atoms with E-state index in [1.807, 2.05) is 20.9 Å². The first-order chi connectivity index (χ1) is 10.3. The van der Waals surface area contributed by atoms with Crippen LogP contribution in [0.15, 0.2) is 12.1 Å². The Kier molecular flexibility index (Phi) is 4.54. The second-order valence-corrected chi connectivity index (χ2v) is 5.04. The number of carbonyl (C=O) groups excluding carboxylic acids is 1. The molecular formula is C15H16F3N3O. The second kappa shape index (κ2) is 6.21. The van der Waals surface area contributed by atoms with Crippen LogP contribution in [0.5, 0.6) is 0 Å². The molecule has 22 heavy (non-hydrogen) atoms. The number of nitrogens with one attached hydrogen (secondary N) is 1. The number of anilines is 1. The quantitative estimate of drug-likeness (QED) is 0.882. The van der Waals surface area contributed by atoms with Gasteiger partial charge >= 0.3 is 0 Å². The van der Waals surface area contributed by atoms with E-state index in [9.17, 15) is 18.0 Å². The molecule has 4 nitrogen and oxygen atoms in total. The number of carbonyl (C=O) groups is 1. The summed E-state index contributed by atoms with van der Waals surface area (Å²) in [6.07, 6.45) is 0.522. The zero-order valence-corrected chi connectivity index (χ0v) is 12.5. The molecule has 0 spiro atoms. The zero-order valence-electron chi connectivity index (χ0n) is 12.5. The minimum Gasteiger partial charge on any atom is -0.323 e. The van der Waals surface area contributed by atoms with Crippen LogP contribution in [0, 0.1) is 31.3 Å². The molecule has 1 heterocycles. The highest BCUT2D eigenvalue weighted by atomic mass is 19.2. The van der Waals surface area contributed by atoms with Crippen LogP contribution in [-0.4, -0.2) is 15.7 Å². The van der Waals surface area contributed by atoms with Gasteiger partial charge in [-0.25, -0.2) is 13.2 Å². The molecule has 0 aliphatic heterocycles. The van der Waals surface area contributed by atoms with E-state index in [1.165, 1.54) is 0 Å². The van der Waals surface area contributed by atoms with E-state index in [1.54, 1.807) is 4.68 Å². The largest absolute Gasteiger partial charge is 0.323 e. The molecule has 0 saturated heterocycles. The third kappa shape index (κ3) is 3.13. The third-order valence-electron chi connectivity index (χ3n) is 3.57. The van der Waals surface area contributed by atoms with Gasteiger partial charge in [0.25, 0.3) is 0 Å². The third-order valence-corrected chi connectivity index (χ3v) is 3.57. The molecule has 118 valence electrons. The maximum atomic E-state index is 13.5. The van der Waals surface area contributed by atoms with Gasteiger partial charge in [0.15, 0.2) is 17.5 Å². The van der Waals surface area contributed by atoms with Crippen molar-refractivity contribution in [1.29, 1.82) is 0 Å². The highest BCUT2D eigenvalue weighted by molar-refractivity contribution is 5.91. The van der Waals surface area contributed by atoms with Crippen molar-refractivity contribution in [1.82, 2.24) is 9.78 Å². The van der Waals surface area contributed by atoms with Gasteiger partial charge in [0.1, 0.15) is 0 Å². The highest BCUT2D eigenvalue weighted by Crippen LogP contribution is 2.20. The van der Waals surface area contributed by atoms with Crippen molar-refractivity contribution < 1.29 is 18.0 Å². The molecule has 0 aliphatic carbocycles. The molecule has 1 aromatic carbocycles. The van der Waals surface area contributed by atoms with Crippen molar-refractivity contribution in [2.24, 2.45) is 7.05 Å². The minimum absolute atomic E-state index is 0.0891. The van der Waals surface area contributed by atoms with Crippen LogP contribution in [-0.2, 0) is 18.3 Å². The first-order valence-corrected chi connectivity index (χ1v) is 6.73. The summed E-state index contributed by atoms with van der Waals surface area (Å²) in [6, 6.07) is 1.76. The minimum atomic E-state index is -1.60. The van der Waals surface area contributed by atoms with E-state index >= 15 is 0 Å². The normalized spacial score (nSPS) is 10.8. The van der Waals surface area contributed by atoms with E-state index < -0.39 is 23.4 Å². The van der Waals surface area contributed by atoms with Gasteiger partial charge in [-0.05, 0) is 38.0 Å². The Bertz CT molecular complexity index is 725. The van der Waals surface area contributed by atoms with Crippen LogP contribution in [0.1, 0.15) is 23.4 Å². The van der Waals surface area contributed by atoms with Crippen molar-refractivity contribution >= 4 is 11.6 Å². The summed E-state index contributed by atoms with van der Waals surface area (Å²) >= 11 is 0. The lowest BCUT2D eigenvalue weighted by Crippen LogP contribution is -2.14. The number of amides is 1. The van der Waals surface area contributed by atoms with Gasteiger partial charge in [-0.1, -0.05) is 0 Å². The summed E-state index contributed by atoms with van der Waals surface area (Å²) < 4.78 is 41.1. The average molecular weight is 311 g/mol. The van der Waals surface area contributed by atoms with Crippen LogP contribution >= 0.6 is 0 Å². The van der Waals surface area contributed by atoms with E-state index in [0.29, 0.717) is 6.42 Å². The molecule has 0 radical (unpaired) electrons. The van der Waals surface area contributed by atoms with Gasteiger partial charge < -0.3 is 5.32 Å². The number of benzene rings is 1. The summed E-state index contributed by atoms with van der Waals surface area (Å²) in [5.41, 5.74) is 2.35. The number of halogens is 3. The molecule has 2 rings (SSSR count). The first kappa shape index (κ1) is 16.1. The SMILES string of the molecule is Cc1nn(C)c(C)c1CCC(=O)Nc1ccc(F)c(F)c1F. The predicted molar refractivity (Wildman–Crippen MR) is 75.9 cm³/mol. The molecule has 0 saturated carbocycles. The fourth-order valence-electron chi connectivity index (χ4n) is 2.25. The monoisotopic (exact) mass is 311 g/mol. The molecular weight excluding hydrogens is 295 g/mol. The Balaban J connectivity index is 2.04. The number of nitrogens with zero attached hydrogens (tertiary/aromatic N) is 2. The first-order valence-electron chi connectivity index (χ1n) is 6.73. The average Bonchev–Trinajstić information content (AvgIpc) is 2.71. The van der Waals surface area contributed by atoms with Gasteiger partial charge in [0.2, 0.25) is 5.91 Å². The lowest BCUT2D eigenvalue weighted by atomic mass is 10.1. The Morgan fingerprint density at radius 2 is 1.91 bits per heavy atom. The van der Waals surface area contributed by atoms with E-state index in [-0.39, 0.29) is 12.1 Å². The van der Waals surface area contributed by atoms with Crippen LogP contribution < -0.4 is 5.32 Å². The number of rotatable bonds is 4. The number of aromatic nitrogens is 2. The van der Waals surface area contributed by atoms with E-state index in [2.05, 4.69) is 10.4 Å². The number of hydrogen-bond acceptors (Lipinski definition) is 2. The lowest BCUT2D eigenvalue weighted by molar-refractivity contribution is -0.116. The van der Waals surface area contributed by atoms with Gasteiger partial charge in [-0.15, -0.1) is 0 Å². The van der Waals surface area contributed by atoms with E-state index in [0.717, 1.165) is 29.1 Å². The fourth-order valence-corrected chi connectivity index (χ4v) is 2.25. The van der Waals surface area contributed by atoms with Crippen molar-refractivity contribution in [2.75, 3.05) is 5.32 Å². The predicted octanol–water partition coefficient (Wildman–Crippen LogP) is 3.03. The second-order valence-electron chi connectivity index (χ2n) is 5.04. The molecule has 1 N–H and O–H groups in total. The summed E-state index contributed by atoms with van der Waals surface area (Å²) in [5.74, 6) is -4.77. The fraction of sp³-hybridized carbons (Fsp3) is 0.333. The smallest absolute Gasteiger partial charge is 0.224 e. The molecule has 0 aliphatic rings. The molecule has 0 atom stereocenters. The number of hydrogen-bond donors (Lipinski definition) is 1. The molecule has 0 bridgehead atoms. The molecule has 2 aromatic rings. The highest BCUT2D eigenvalue weighted by Gasteiger charge is 2.16. The van der Waals surface area contributed by atoms with Crippen LogP contribution in [0.2, 0.25) is 0 Å². The van der Waals surface area contributed by atoms with Crippen LogP contribution in [0.25, 0.3) is 0 Å². The summed E-state index contributed by atoms with van der Waals surface area (Å²) in [6.45, 7) is 3.73. The molecule has 0 fully saturated rings. The molecule has 7 heteroatoms. The van der Waals surface area contributed by atoms with Crippen LogP contribution in [0.4, 0.5) is 18.9 Å². The molecule has 0 unspecified atom stereocenters. The Hall–Kier alpha value is -2.31. The number of aryl methyl sites for hydroxylation is 2. The van der Waals surface area contributed by atoms with Gasteiger partial charge in [0.05, 0.1) is 11.4 Å². The van der Waals surface area contributed by atoms with Crippen molar-refractivity contribution in [3.8, 4) is 0 Å².